The highest BCUT2D eigenvalue weighted by molar-refractivity contribution is 5.88. The third-order valence-electron chi connectivity index (χ3n) is 6.85. The van der Waals surface area contributed by atoms with E-state index in [9.17, 15) is 4.79 Å². The number of aryl methyl sites for hydroxylation is 1. The van der Waals surface area contributed by atoms with E-state index in [1.807, 2.05) is 28.9 Å². The van der Waals surface area contributed by atoms with Crippen LogP contribution in [0.3, 0.4) is 0 Å². The molecule has 0 aromatic carbocycles. The van der Waals surface area contributed by atoms with Crippen molar-refractivity contribution in [1.29, 1.82) is 0 Å². The molecule has 3 aliphatic rings. The zero-order chi connectivity index (χ0) is 19.6. The lowest BCUT2D eigenvalue weighted by molar-refractivity contribution is -0.173. The van der Waals surface area contributed by atoms with Gasteiger partial charge in [0, 0.05) is 58.8 Å². The van der Waals surface area contributed by atoms with Gasteiger partial charge in [-0.05, 0) is 24.8 Å². The Labute approximate surface area is 167 Å². The molecule has 0 radical (unpaired) electrons. The molecule has 3 heterocycles. The third-order valence-corrected chi connectivity index (χ3v) is 6.85. The summed E-state index contributed by atoms with van der Waals surface area (Å²) in [6.45, 7) is 5.03. The summed E-state index contributed by atoms with van der Waals surface area (Å²) >= 11 is 0. The zero-order valence-corrected chi connectivity index (χ0v) is 17.3. The maximum Gasteiger partial charge on any atom is 0.257 e. The number of morpholine rings is 1. The Hall–Kier alpha value is -1.44. The van der Waals surface area contributed by atoms with Crippen molar-refractivity contribution < 1.29 is 14.3 Å². The Balaban J connectivity index is 1.58. The molecule has 1 spiro atoms. The molecule has 1 aromatic rings. The summed E-state index contributed by atoms with van der Waals surface area (Å²) < 4.78 is 13.5. The summed E-state index contributed by atoms with van der Waals surface area (Å²) in [5.41, 5.74) is 0.294. The van der Waals surface area contributed by atoms with Crippen LogP contribution in [0.15, 0.2) is 12.3 Å². The van der Waals surface area contributed by atoms with Gasteiger partial charge in [-0.3, -0.25) is 14.4 Å². The minimum atomic E-state index is -0.797. The standard InChI is InChI=1S/C21H34N4O3/c1-23-19(8-9-22-23)18-15-24(14-17-6-4-3-5-7-17)16-21(18)20(26)25(10-12-27-2)11-13-28-21/h8-9,17-18H,3-7,10-16H2,1-2H3/t18-,21+/m1/s1. The summed E-state index contributed by atoms with van der Waals surface area (Å²) in [4.78, 5) is 18.0. The molecule has 0 N–H and O–H groups in total. The summed E-state index contributed by atoms with van der Waals surface area (Å²) in [7, 11) is 3.64. The van der Waals surface area contributed by atoms with Gasteiger partial charge in [0.15, 0.2) is 5.60 Å². The molecule has 7 nitrogen and oxygen atoms in total. The van der Waals surface area contributed by atoms with E-state index >= 15 is 0 Å². The van der Waals surface area contributed by atoms with Crippen LogP contribution in [0.5, 0.6) is 0 Å². The van der Waals surface area contributed by atoms with Gasteiger partial charge in [0.25, 0.3) is 5.91 Å². The van der Waals surface area contributed by atoms with Crippen molar-refractivity contribution in [2.75, 3.05) is 53.0 Å². The van der Waals surface area contributed by atoms with Crippen molar-refractivity contribution in [3.63, 3.8) is 0 Å². The molecular weight excluding hydrogens is 356 g/mol. The van der Waals surface area contributed by atoms with Crippen LogP contribution >= 0.6 is 0 Å². The van der Waals surface area contributed by atoms with Gasteiger partial charge in [-0.2, -0.15) is 5.10 Å². The SMILES string of the molecule is COCCN1CCO[C@]2(CN(CC3CCCCC3)C[C@@H]2c2ccnn2C)C1=O. The lowest BCUT2D eigenvalue weighted by atomic mass is 9.85. The first-order valence-corrected chi connectivity index (χ1v) is 10.8. The van der Waals surface area contributed by atoms with Crippen molar-refractivity contribution in [3.05, 3.63) is 18.0 Å². The maximum absolute atomic E-state index is 13.6. The van der Waals surface area contributed by atoms with E-state index in [1.165, 1.54) is 32.1 Å². The monoisotopic (exact) mass is 390 g/mol. The predicted molar refractivity (Wildman–Crippen MR) is 106 cm³/mol. The van der Waals surface area contributed by atoms with Crippen LogP contribution in [-0.4, -0.2) is 84.1 Å². The van der Waals surface area contributed by atoms with Gasteiger partial charge >= 0.3 is 0 Å². The number of rotatable bonds is 6. The highest BCUT2D eigenvalue weighted by atomic mass is 16.5. The molecule has 0 unspecified atom stereocenters. The van der Waals surface area contributed by atoms with Gasteiger partial charge < -0.3 is 14.4 Å². The van der Waals surface area contributed by atoms with Gasteiger partial charge in [-0.1, -0.05) is 19.3 Å². The molecule has 1 aliphatic carbocycles. The fourth-order valence-corrected chi connectivity index (χ4v) is 5.39. The molecule has 2 aliphatic heterocycles. The van der Waals surface area contributed by atoms with Crippen LogP contribution < -0.4 is 0 Å². The Morgan fingerprint density at radius 3 is 2.86 bits per heavy atom. The van der Waals surface area contributed by atoms with Gasteiger partial charge in [0.05, 0.1) is 19.1 Å². The van der Waals surface area contributed by atoms with E-state index in [1.54, 1.807) is 7.11 Å². The van der Waals surface area contributed by atoms with Crippen LogP contribution in [-0.2, 0) is 21.3 Å². The number of carbonyl (C=O) groups excluding carboxylic acids is 1. The van der Waals surface area contributed by atoms with Gasteiger partial charge in [0.2, 0.25) is 0 Å². The molecule has 4 rings (SSSR count). The topological polar surface area (TPSA) is 59.8 Å². The van der Waals surface area contributed by atoms with Crippen molar-refractivity contribution in [2.45, 2.75) is 43.6 Å². The summed E-state index contributed by atoms with van der Waals surface area (Å²) in [6, 6.07) is 2.04. The molecule has 1 amide bonds. The lowest BCUT2D eigenvalue weighted by Crippen LogP contribution is -2.60. The number of hydrogen-bond donors (Lipinski definition) is 0. The first-order chi connectivity index (χ1) is 13.6. The average Bonchev–Trinajstić information content (AvgIpc) is 3.27. The Morgan fingerprint density at radius 2 is 2.14 bits per heavy atom. The van der Waals surface area contributed by atoms with Crippen molar-refractivity contribution >= 4 is 5.91 Å². The third kappa shape index (κ3) is 3.72. The van der Waals surface area contributed by atoms with E-state index in [2.05, 4.69) is 10.00 Å². The summed E-state index contributed by atoms with van der Waals surface area (Å²) in [5.74, 6) is 0.883. The van der Waals surface area contributed by atoms with Crippen LogP contribution in [0.4, 0.5) is 0 Å². The van der Waals surface area contributed by atoms with Crippen molar-refractivity contribution in [2.24, 2.45) is 13.0 Å². The number of nitrogens with zero attached hydrogens (tertiary/aromatic N) is 4. The van der Waals surface area contributed by atoms with Crippen LogP contribution in [0, 0.1) is 5.92 Å². The minimum absolute atomic E-state index is 0.0152. The van der Waals surface area contributed by atoms with Gasteiger partial charge in [-0.25, -0.2) is 0 Å². The molecule has 2 atom stereocenters. The zero-order valence-electron chi connectivity index (χ0n) is 17.3. The average molecular weight is 391 g/mol. The second-order valence-electron chi connectivity index (χ2n) is 8.65. The highest BCUT2D eigenvalue weighted by Crippen LogP contribution is 2.42. The number of amides is 1. The first kappa shape index (κ1) is 19.9. The van der Waals surface area contributed by atoms with Crippen LogP contribution in [0.1, 0.15) is 43.7 Å². The number of carbonyl (C=O) groups is 1. The minimum Gasteiger partial charge on any atom is -0.383 e. The van der Waals surface area contributed by atoms with E-state index in [0.717, 1.165) is 24.7 Å². The molecular formula is C21H34N4O3. The van der Waals surface area contributed by atoms with Crippen molar-refractivity contribution in [3.8, 4) is 0 Å². The highest BCUT2D eigenvalue weighted by Gasteiger charge is 2.57. The number of methoxy groups -OCH3 is 1. The normalized spacial score (nSPS) is 29.9. The van der Waals surface area contributed by atoms with E-state index in [4.69, 9.17) is 9.47 Å². The maximum atomic E-state index is 13.6. The fraction of sp³-hybridized carbons (Fsp3) is 0.810. The molecule has 0 bridgehead atoms. The number of aromatic nitrogens is 2. The van der Waals surface area contributed by atoms with Crippen molar-refractivity contribution in [1.82, 2.24) is 19.6 Å². The second kappa shape index (κ2) is 8.51. The second-order valence-corrected chi connectivity index (χ2v) is 8.65. The number of hydrogen-bond acceptors (Lipinski definition) is 5. The van der Waals surface area contributed by atoms with E-state index in [-0.39, 0.29) is 11.8 Å². The summed E-state index contributed by atoms with van der Waals surface area (Å²) in [6.07, 6.45) is 8.50. The Morgan fingerprint density at radius 1 is 1.32 bits per heavy atom. The number of ether oxygens (including phenoxy) is 2. The van der Waals surface area contributed by atoms with E-state index < -0.39 is 5.60 Å². The molecule has 1 aromatic heterocycles. The van der Waals surface area contributed by atoms with Gasteiger partial charge in [-0.15, -0.1) is 0 Å². The molecule has 7 heteroatoms. The molecule has 3 fully saturated rings. The Kier molecular flexibility index (Phi) is 6.04. The number of likely N-dealkylation sites (tertiary alicyclic amines) is 1. The first-order valence-electron chi connectivity index (χ1n) is 10.8. The largest absolute Gasteiger partial charge is 0.383 e. The Bertz CT molecular complexity index is 672. The van der Waals surface area contributed by atoms with Crippen LogP contribution in [0.25, 0.3) is 0 Å². The molecule has 156 valence electrons. The predicted octanol–water partition coefficient (Wildman–Crippen LogP) is 1.64. The fourth-order valence-electron chi connectivity index (χ4n) is 5.39. The molecule has 28 heavy (non-hydrogen) atoms. The quantitative estimate of drug-likeness (QED) is 0.739. The summed E-state index contributed by atoms with van der Waals surface area (Å²) in [5, 5.41) is 4.37. The van der Waals surface area contributed by atoms with Crippen LogP contribution in [0.2, 0.25) is 0 Å². The van der Waals surface area contributed by atoms with Gasteiger partial charge in [0.1, 0.15) is 0 Å². The smallest absolute Gasteiger partial charge is 0.257 e. The lowest BCUT2D eigenvalue weighted by Gasteiger charge is -2.42. The molecule has 1 saturated carbocycles. The molecule has 2 saturated heterocycles. The van der Waals surface area contributed by atoms with E-state index in [0.29, 0.717) is 32.8 Å².